The summed E-state index contributed by atoms with van der Waals surface area (Å²) < 4.78 is 5.08. The van der Waals surface area contributed by atoms with Crippen molar-refractivity contribution >= 4 is 5.97 Å². The highest BCUT2D eigenvalue weighted by Gasteiger charge is 2.42. The molecule has 0 aromatic carbocycles. The monoisotopic (exact) mass is 160 g/mol. The minimum Gasteiger partial charge on any atom is -0.380 e. The van der Waals surface area contributed by atoms with Gasteiger partial charge in [0.25, 0.3) is 0 Å². The molecule has 1 atom stereocenters. The Balaban J connectivity index is 2.64. The van der Waals surface area contributed by atoms with Gasteiger partial charge in [0.1, 0.15) is 0 Å². The van der Waals surface area contributed by atoms with Crippen LogP contribution in [0.2, 0.25) is 0 Å². The number of hydrogen-bond donors (Lipinski definition) is 1. The van der Waals surface area contributed by atoms with Crippen LogP contribution in [0.1, 0.15) is 13.8 Å². The van der Waals surface area contributed by atoms with E-state index in [1.165, 1.54) is 0 Å². The van der Waals surface area contributed by atoms with Gasteiger partial charge in [-0.2, -0.15) is 5.26 Å². The van der Waals surface area contributed by atoms with Gasteiger partial charge >= 0.3 is 5.97 Å². The minimum absolute atomic E-state index is 0.222. The van der Waals surface area contributed by atoms with Crippen molar-refractivity contribution in [3.05, 3.63) is 0 Å². The van der Waals surface area contributed by atoms with E-state index in [0.717, 1.165) is 0 Å². The van der Waals surface area contributed by atoms with Gasteiger partial charge < -0.3 is 9.62 Å². The Labute approximate surface area is 65.0 Å². The van der Waals surface area contributed by atoms with Gasteiger partial charge in [0, 0.05) is 5.41 Å². The standard InChI is InChI=1S/C7H12O4/c1-7(2)4-10-3-5(7)6(8)11-9/h5,9H,3-4H2,1-2H3. The van der Waals surface area contributed by atoms with Gasteiger partial charge in [-0.1, -0.05) is 13.8 Å². The topological polar surface area (TPSA) is 55.8 Å². The zero-order valence-electron chi connectivity index (χ0n) is 6.66. The number of ether oxygens (including phenoxy) is 1. The average molecular weight is 160 g/mol. The van der Waals surface area contributed by atoms with Crippen molar-refractivity contribution in [2.45, 2.75) is 13.8 Å². The second-order valence-electron chi connectivity index (χ2n) is 3.47. The molecular formula is C7H12O4. The second kappa shape index (κ2) is 2.79. The Morgan fingerprint density at radius 3 is 2.73 bits per heavy atom. The van der Waals surface area contributed by atoms with Crippen LogP contribution < -0.4 is 0 Å². The molecule has 0 spiro atoms. The Bertz CT molecular complexity index is 164. The zero-order chi connectivity index (χ0) is 8.48. The molecule has 1 aliphatic rings. The first-order valence-corrected chi connectivity index (χ1v) is 3.51. The quantitative estimate of drug-likeness (QED) is 0.452. The van der Waals surface area contributed by atoms with Gasteiger partial charge in [0.15, 0.2) is 0 Å². The van der Waals surface area contributed by atoms with Crippen molar-refractivity contribution < 1.29 is 19.7 Å². The van der Waals surface area contributed by atoms with E-state index in [2.05, 4.69) is 4.89 Å². The average Bonchev–Trinajstić information content (AvgIpc) is 2.28. The third kappa shape index (κ3) is 1.52. The normalized spacial score (nSPS) is 28.5. The highest BCUT2D eigenvalue weighted by molar-refractivity contribution is 5.73. The summed E-state index contributed by atoms with van der Waals surface area (Å²) in [4.78, 5) is 14.5. The van der Waals surface area contributed by atoms with E-state index in [4.69, 9.17) is 9.99 Å². The van der Waals surface area contributed by atoms with Gasteiger partial charge in [0.2, 0.25) is 0 Å². The Hall–Kier alpha value is -0.610. The summed E-state index contributed by atoms with van der Waals surface area (Å²) in [7, 11) is 0. The molecule has 1 heterocycles. The molecule has 1 unspecified atom stereocenters. The van der Waals surface area contributed by atoms with Gasteiger partial charge in [-0.25, -0.2) is 4.79 Å². The molecule has 4 heteroatoms. The molecule has 4 nitrogen and oxygen atoms in total. The minimum atomic E-state index is -0.604. The summed E-state index contributed by atoms with van der Waals surface area (Å²) in [6.45, 7) is 4.68. The second-order valence-corrected chi connectivity index (χ2v) is 3.47. The van der Waals surface area contributed by atoms with Crippen LogP contribution in [-0.4, -0.2) is 24.4 Å². The third-order valence-electron chi connectivity index (χ3n) is 2.08. The molecule has 0 aliphatic carbocycles. The van der Waals surface area contributed by atoms with Gasteiger partial charge in [0.05, 0.1) is 19.1 Å². The fraction of sp³-hybridized carbons (Fsp3) is 0.857. The van der Waals surface area contributed by atoms with Gasteiger partial charge in [-0.15, -0.1) is 0 Å². The van der Waals surface area contributed by atoms with Gasteiger partial charge in [-0.3, -0.25) is 0 Å². The highest BCUT2D eigenvalue weighted by Crippen LogP contribution is 2.33. The first-order valence-electron chi connectivity index (χ1n) is 3.51. The van der Waals surface area contributed by atoms with Crippen molar-refractivity contribution in [2.75, 3.05) is 13.2 Å². The van der Waals surface area contributed by atoms with E-state index in [1.807, 2.05) is 13.8 Å². The number of carbonyl (C=O) groups excluding carboxylic acids is 1. The fourth-order valence-electron chi connectivity index (χ4n) is 1.22. The van der Waals surface area contributed by atoms with Crippen LogP contribution in [0.4, 0.5) is 0 Å². The van der Waals surface area contributed by atoms with Crippen LogP contribution in [0.15, 0.2) is 0 Å². The van der Waals surface area contributed by atoms with E-state index >= 15 is 0 Å². The van der Waals surface area contributed by atoms with E-state index < -0.39 is 5.97 Å². The predicted molar refractivity (Wildman–Crippen MR) is 36.8 cm³/mol. The lowest BCUT2D eigenvalue weighted by Crippen LogP contribution is -2.30. The largest absolute Gasteiger partial charge is 0.380 e. The molecule has 0 saturated carbocycles. The lowest BCUT2D eigenvalue weighted by atomic mass is 9.82. The van der Waals surface area contributed by atoms with E-state index in [-0.39, 0.29) is 11.3 Å². The van der Waals surface area contributed by atoms with E-state index in [0.29, 0.717) is 13.2 Å². The smallest absolute Gasteiger partial charge is 0.348 e. The number of rotatable bonds is 1. The summed E-state index contributed by atoms with van der Waals surface area (Å²) in [5, 5.41) is 8.12. The summed E-state index contributed by atoms with van der Waals surface area (Å²) in [5.41, 5.74) is -0.222. The van der Waals surface area contributed by atoms with Crippen molar-refractivity contribution in [2.24, 2.45) is 11.3 Å². The number of hydrogen-bond acceptors (Lipinski definition) is 4. The van der Waals surface area contributed by atoms with Crippen LogP contribution in [0.5, 0.6) is 0 Å². The highest BCUT2D eigenvalue weighted by atomic mass is 17.1. The molecule has 1 rings (SSSR count). The van der Waals surface area contributed by atoms with E-state index in [1.54, 1.807) is 0 Å². The maximum atomic E-state index is 10.9. The molecule has 64 valence electrons. The summed E-state index contributed by atoms with van der Waals surface area (Å²) in [6, 6.07) is 0. The van der Waals surface area contributed by atoms with Crippen molar-refractivity contribution in [1.82, 2.24) is 0 Å². The Kier molecular flexibility index (Phi) is 2.15. The summed E-state index contributed by atoms with van der Waals surface area (Å²) >= 11 is 0. The van der Waals surface area contributed by atoms with Crippen LogP contribution in [0.3, 0.4) is 0 Å². The maximum Gasteiger partial charge on any atom is 0.348 e. The van der Waals surface area contributed by atoms with Crippen LogP contribution in [0.25, 0.3) is 0 Å². The SMILES string of the molecule is CC1(C)COCC1C(=O)OO. The Morgan fingerprint density at radius 1 is 1.73 bits per heavy atom. The molecule has 0 amide bonds. The molecule has 11 heavy (non-hydrogen) atoms. The van der Waals surface area contributed by atoms with E-state index in [9.17, 15) is 4.79 Å². The molecule has 0 aromatic heterocycles. The van der Waals surface area contributed by atoms with Crippen LogP contribution in [0, 0.1) is 11.3 Å². The van der Waals surface area contributed by atoms with Crippen molar-refractivity contribution in [3.63, 3.8) is 0 Å². The number of carbonyl (C=O) groups is 1. The zero-order valence-corrected chi connectivity index (χ0v) is 6.66. The molecule has 0 bridgehead atoms. The fourth-order valence-corrected chi connectivity index (χ4v) is 1.22. The van der Waals surface area contributed by atoms with Crippen molar-refractivity contribution in [3.8, 4) is 0 Å². The molecule has 0 radical (unpaired) electrons. The van der Waals surface area contributed by atoms with Crippen LogP contribution >= 0.6 is 0 Å². The molecular weight excluding hydrogens is 148 g/mol. The lowest BCUT2D eigenvalue weighted by molar-refractivity contribution is -0.241. The Morgan fingerprint density at radius 2 is 2.36 bits per heavy atom. The molecule has 1 saturated heterocycles. The predicted octanol–water partition coefficient (Wildman–Crippen LogP) is 0.675. The third-order valence-corrected chi connectivity index (χ3v) is 2.08. The molecule has 1 fully saturated rings. The lowest BCUT2D eigenvalue weighted by Gasteiger charge is -2.20. The van der Waals surface area contributed by atoms with Crippen LogP contribution in [-0.2, 0) is 14.4 Å². The van der Waals surface area contributed by atoms with Crippen molar-refractivity contribution in [1.29, 1.82) is 0 Å². The molecule has 1 aliphatic heterocycles. The first kappa shape index (κ1) is 8.49. The summed E-state index contributed by atoms with van der Waals surface area (Å²) in [6.07, 6.45) is 0. The van der Waals surface area contributed by atoms with Gasteiger partial charge in [-0.05, 0) is 0 Å². The molecule has 0 aromatic rings. The molecule has 1 N–H and O–H groups in total. The summed E-state index contributed by atoms with van der Waals surface area (Å²) in [5.74, 6) is -0.944. The first-order chi connectivity index (χ1) is 5.08. The maximum absolute atomic E-state index is 10.9.